The summed E-state index contributed by atoms with van der Waals surface area (Å²) in [5, 5.41) is 9.83. The van der Waals surface area contributed by atoms with Gasteiger partial charge in [-0.2, -0.15) is 0 Å². The Bertz CT molecular complexity index is 765. The van der Waals surface area contributed by atoms with E-state index in [0.717, 1.165) is 64.2 Å². The normalized spacial score (nSPS) is 32.4. The Balaban J connectivity index is 1.60. The molecule has 0 aromatic heterocycles. The molecule has 2 aliphatic heterocycles. The number of carboxylic acid groups (broad SMARTS) is 1. The smallest absolute Gasteiger partial charge is 0.328 e. The van der Waals surface area contributed by atoms with Crippen molar-refractivity contribution < 1.29 is 24.3 Å². The van der Waals surface area contributed by atoms with E-state index in [2.05, 4.69) is 0 Å². The Labute approximate surface area is 190 Å². The first-order valence-electron chi connectivity index (χ1n) is 12.6. The van der Waals surface area contributed by atoms with Gasteiger partial charge in [-0.05, 0) is 51.4 Å². The second-order valence-corrected chi connectivity index (χ2v) is 10.1. The van der Waals surface area contributed by atoms with E-state index >= 15 is 0 Å². The van der Waals surface area contributed by atoms with Gasteiger partial charge in [-0.1, -0.05) is 45.4 Å². The molecule has 0 spiro atoms. The van der Waals surface area contributed by atoms with E-state index in [1.54, 1.807) is 11.8 Å². The van der Waals surface area contributed by atoms with Gasteiger partial charge >= 0.3 is 12.0 Å². The maximum atomic E-state index is 13.7. The van der Waals surface area contributed by atoms with E-state index in [4.69, 9.17) is 0 Å². The zero-order valence-corrected chi connectivity index (χ0v) is 19.4. The Morgan fingerprint density at radius 1 is 1.03 bits per heavy atom. The molecule has 178 valence electrons. The van der Waals surface area contributed by atoms with Crippen molar-refractivity contribution in [3.05, 3.63) is 0 Å². The molecule has 4 amide bonds. The average Bonchev–Trinajstić information content (AvgIpc) is 3.29. The van der Waals surface area contributed by atoms with E-state index < -0.39 is 24.1 Å². The zero-order valence-electron chi connectivity index (χ0n) is 19.4. The third kappa shape index (κ3) is 3.90. The molecule has 2 aliphatic carbocycles. The monoisotopic (exact) mass is 447 g/mol. The average molecular weight is 448 g/mol. The Kier molecular flexibility index (Phi) is 6.77. The van der Waals surface area contributed by atoms with Gasteiger partial charge in [0.2, 0.25) is 5.91 Å². The van der Waals surface area contributed by atoms with Gasteiger partial charge in [0.05, 0.1) is 0 Å². The van der Waals surface area contributed by atoms with Crippen molar-refractivity contribution in [3.63, 3.8) is 0 Å². The Morgan fingerprint density at radius 2 is 1.69 bits per heavy atom. The highest BCUT2D eigenvalue weighted by molar-refractivity contribution is 6.06. The highest BCUT2D eigenvalue weighted by Gasteiger charge is 2.54. The number of urea groups is 1. The maximum Gasteiger partial charge on any atom is 0.328 e. The number of hydrogen-bond acceptors (Lipinski definition) is 4. The minimum Gasteiger partial charge on any atom is -0.480 e. The highest BCUT2D eigenvalue weighted by atomic mass is 16.4. The van der Waals surface area contributed by atoms with Crippen LogP contribution in [0.25, 0.3) is 0 Å². The lowest BCUT2D eigenvalue weighted by Crippen LogP contribution is -2.56. The van der Waals surface area contributed by atoms with Crippen molar-refractivity contribution in [3.8, 4) is 0 Å². The zero-order chi connectivity index (χ0) is 23.0. The summed E-state index contributed by atoms with van der Waals surface area (Å²) in [6.07, 6.45) is 10.3. The summed E-state index contributed by atoms with van der Waals surface area (Å²) >= 11 is 0. The fraction of sp³-hybridized carbons (Fsp3) is 0.833. The van der Waals surface area contributed by atoms with Crippen LogP contribution in [0.5, 0.6) is 0 Å². The van der Waals surface area contributed by atoms with E-state index in [0.29, 0.717) is 12.8 Å². The largest absolute Gasteiger partial charge is 0.480 e. The summed E-state index contributed by atoms with van der Waals surface area (Å²) in [4.78, 5) is 57.0. The van der Waals surface area contributed by atoms with Gasteiger partial charge in [-0.25, -0.2) is 9.59 Å². The highest BCUT2D eigenvalue weighted by Crippen LogP contribution is 2.41. The summed E-state index contributed by atoms with van der Waals surface area (Å²) in [5.74, 6) is -1.27. The van der Waals surface area contributed by atoms with Gasteiger partial charge in [0.15, 0.2) is 0 Å². The molecule has 0 unspecified atom stereocenters. The summed E-state index contributed by atoms with van der Waals surface area (Å²) < 4.78 is 0. The van der Waals surface area contributed by atoms with Crippen molar-refractivity contribution >= 4 is 23.8 Å². The lowest BCUT2D eigenvalue weighted by atomic mass is 9.84. The van der Waals surface area contributed by atoms with Gasteiger partial charge < -0.3 is 14.9 Å². The number of carbonyl (C=O) groups is 4. The third-order valence-corrected chi connectivity index (χ3v) is 8.19. The van der Waals surface area contributed by atoms with E-state index in [1.165, 1.54) is 9.80 Å². The van der Waals surface area contributed by atoms with Crippen molar-refractivity contribution in [2.75, 3.05) is 0 Å². The predicted octanol–water partition coefficient (Wildman–Crippen LogP) is 3.38. The van der Waals surface area contributed by atoms with E-state index in [1.807, 2.05) is 6.92 Å². The topological polar surface area (TPSA) is 98.2 Å². The number of rotatable bonds is 6. The van der Waals surface area contributed by atoms with Crippen LogP contribution in [0.1, 0.15) is 90.9 Å². The van der Waals surface area contributed by atoms with Crippen LogP contribution in [0.2, 0.25) is 0 Å². The predicted molar refractivity (Wildman–Crippen MR) is 118 cm³/mol. The molecule has 4 fully saturated rings. The number of imide groups is 1. The molecule has 8 nitrogen and oxygen atoms in total. The second kappa shape index (κ2) is 9.40. The molecular formula is C24H37N3O5. The molecule has 4 aliphatic rings. The molecule has 0 bridgehead atoms. The first-order chi connectivity index (χ1) is 15.4. The molecule has 0 radical (unpaired) electrons. The second-order valence-electron chi connectivity index (χ2n) is 10.1. The van der Waals surface area contributed by atoms with Crippen LogP contribution in [0, 0.1) is 5.92 Å². The van der Waals surface area contributed by atoms with Crippen LogP contribution in [-0.2, 0) is 14.4 Å². The summed E-state index contributed by atoms with van der Waals surface area (Å²) in [6.45, 7) is 3.65. The molecule has 8 heteroatoms. The molecule has 5 atom stereocenters. The Morgan fingerprint density at radius 3 is 2.34 bits per heavy atom. The quantitative estimate of drug-likeness (QED) is 0.630. The number of amides is 4. The molecule has 2 heterocycles. The molecule has 2 saturated heterocycles. The van der Waals surface area contributed by atoms with Crippen LogP contribution in [-0.4, -0.2) is 73.8 Å². The third-order valence-electron chi connectivity index (χ3n) is 8.19. The molecule has 0 aromatic rings. The minimum absolute atomic E-state index is 0.0766. The first-order valence-corrected chi connectivity index (χ1v) is 12.6. The summed E-state index contributed by atoms with van der Waals surface area (Å²) in [7, 11) is 0. The van der Waals surface area contributed by atoms with Crippen molar-refractivity contribution in [1.29, 1.82) is 0 Å². The number of hydrogen-bond donors (Lipinski definition) is 1. The molecular weight excluding hydrogens is 410 g/mol. The van der Waals surface area contributed by atoms with Crippen molar-refractivity contribution in [1.82, 2.24) is 14.7 Å². The van der Waals surface area contributed by atoms with Gasteiger partial charge in [-0.3, -0.25) is 14.5 Å². The van der Waals surface area contributed by atoms with Crippen LogP contribution >= 0.6 is 0 Å². The fourth-order valence-electron chi connectivity index (χ4n) is 6.61. The SMILES string of the molecule is CCC[C@@H]1C(=O)N(C2CCCCC2)C(=O)N1[C@@H](C)C(=O)N1[C@H](C(=O)O)C[C@@H]2CCCC[C@@H]21. The molecule has 32 heavy (non-hydrogen) atoms. The van der Waals surface area contributed by atoms with Crippen molar-refractivity contribution in [2.45, 2.75) is 121 Å². The van der Waals surface area contributed by atoms with Crippen molar-refractivity contribution in [2.24, 2.45) is 5.92 Å². The van der Waals surface area contributed by atoms with Crippen LogP contribution in [0.3, 0.4) is 0 Å². The number of carbonyl (C=O) groups excluding carboxylic acids is 3. The minimum atomic E-state index is -0.974. The number of likely N-dealkylation sites (tertiary alicyclic amines) is 1. The van der Waals surface area contributed by atoms with Gasteiger partial charge in [0.25, 0.3) is 5.91 Å². The first kappa shape index (κ1) is 23.1. The molecule has 4 rings (SSSR count). The Hall–Kier alpha value is -2.12. The molecule has 1 N–H and O–H groups in total. The lowest BCUT2D eigenvalue weighted by Gasteiger charge is -2.37. The number of aliphatic carboxylic acids is 1. The van der Waals surface area contributed by atoms with E-state index in [9.17, 15) is 24.3 Å². The van der Waals surface area contributed by atoms with Gasteiger partial charge in [0.1, 0.15) is 18.1 Å². The number of nitrogens with zero attached hydrogens (tertiary/aromatic N) is 3. The van der Waals surface area contributed by atoms with Gasteiger partial charge in [-0.15, -0.1) is 0 Å². The lowest BCUT2D eigenvalue weighted by molar-refractivity contribution is -0.152. The standard InChI is InChI=1S/C24H37N3O5/c1-3-9-19-22(29)26(17-11-5-4-6-12-17)24(32)25(19)15(2)21(28)27-18-13-8-7-10-16(18)14-20(27)23(30)31/h15-20H,3-14H2,1-2H3,(H,30,31)/t15-,16-,18-,19+,20-/m0/s1. The van der Waals surface area contributed by atoms with Crippen LogP contribution < -0.4 is 0 Å². The van der Waals surface area contributed by atoms with Gasteiger partial charge in [0, 0.05) is 12.1 Å². The molecule has 0 aromatic carbocycles. The summed E-state index contributed by atoms with van der Waals surface area (Å²) in [5.41, 5.74) is 0. The molecule has 2 saturated carbocycles. The fourth-order valence-corrected chi connectivity index (χ4v) is 6.61. The number of carboxylic acids is 1. The summed E-state index contributed by atoms with van der Waals surface area (Å²) in [6, 6.07) is -2.86. The number of fused-ring (bicyclic) bond motifs is 1. The maximum absolute atomic E-state index is 13.7. The van der Waals surface area contributed by atoms with E-state index in [-0.39, 0.29) is 35.8 Å². The van der Waals surface area contributed by atoms with Crippen LogP contribution in [0.15, 0.2) is 0 Å². The van der Waals surface area contributed by atoms with Crippen LogP contribution in [0.4, 0.5) is 4.79 Å².